The van der Waals surface area contributed by atoms with Crippen LogP contribution in [0.4, 0.5) is 0 Å². The minimum atomic E-state index is -0.847. The van der Waals surface area contributed by atoms with Crippen LogP contribution in [0.25, 0.3) is 0 Å². The molecule has 0 spiro atoms. The van der Waals surface area contributed by atoms with Crippen molar-refractivity contribution in [2.24, 2.45) is 0 Å². The molecule has 0 bridgehead atoms. The second kappa shape index (κ2) is 74.5. The van der Waals surface area contributed by atoms with Crippen LogP contribution in [0.5, 0.6) is 0 Å². The number of aliphatic hydroxyl groups is 2. The van der Waals surface area contributed by atoms with E-state index in [1.54, 1.807) is 6.08 Å². The molecule has 0 aromatic rings. The lowest BCUT2D eigenvalue weighted by Gasteiger charge is -2.20. The molecule has 0 aliphatic heterocycles. The molecule has 0 rings (SSSR count). The number of carbonyl (C=O) groups excluding carboxylic acids is 2. The fourth-order valence-electron chi connectivity index (χ4n) is 12.2. The smallest absolute Gasteiger partial charge is 0.305 e. The maximum Gasteiger partial charge on any atom is 0.305 e. The molecule has 0 saturated carbocycles. The number of unbranched alkanes of at least 4 members (excludes halogenated alkanes) is 58. The van der Waals surface area contributed by atoms with Crippen LogP contribution in [0, 0.1) is 0 Å². The van der Waals surface area contributed by atoms with Crippen molar-refractivity contribution in [1.82, 2.24) is 5.32 Å². The Bertz CT molecular complexity index is 1380. The Morgan fingerprint density at radius 2 is 0.553 bits per heavy atom. The summed E-state index contributed by atoms with van der Waals surface area (Å²) in [4.78, 5) is 24.7. The Balaban J connectivity index is 3.40. The first kappa shape index (κ1) is 83.1. The van der Waals surface area contributed by atoms with Crippen molar-refractivity contribution in [3.63, 3.8) is 0 Å². The topological polar surface area (TPSA) is 95.9 Å². The summed E-state index contributed by atoms with van der Waals surface area (Å²) in [6, 6.07) is -0.630. The van der Waals surface area contributed by atoms with Crippen molar-refractivity contribution in [3.8, 4) is 0 Å². The van der Waals surface area contributed by atoms with Crippen LogP contribution in [0.3, 0.4) is 0 Å². The number of hydrogen-bond donors (Lipinski definition) is 3. The third-order valence-electron chi connectivity index (χ3n) is 18.1. The number of hydrogen-bond acceptors (Lipinski definition) is 5. The zero-order valence-corrected chi connectivity index (χ0v) is 57.6. The van der Waals surface area contributed by atoms with Crippen LogP contribution in [-0.4, -0.2) is 47.4 Å². The molecule has 1 amide bonds. The van der Waals surface area contributed by atoms with E-state index < -0.39 is 12.1 Å². The summed E-state index contributed by atoms with van der Waals surface area (Å²) in [6.45, 7) is 4.94. The summed E-state index contributed by atoms with van der Waals surface area (Å²) in [6.07, 6.45) is 96.8. The van der Waals surface area contributed by atoms with Crippen molar-refractivity contribution in [3.05, 3.63) is 36.5 Å². The first-order chi connectivity index (χ1) is 42.0. The fourth-order valence-corrected chi connectivity index (χ4v) is 12.2. The number of esters is 1. The molecule has 0 aliphatic carbocycles. The Morgan fingerprint density at radius 1 is 0.318 bits per heavy atom. The van der Waals surface area contributed by atoms with E-state index in [0.29, 0.717) is 19.4 Å². The van der Waals surface area contributed by atoms with E-state index in [2.05, 4.69) is 43.5 Å². The van der Waals surface area contributed by atoms with Gasteiger partial charge < -0.3 is 20.3 Å². The van der Waals surface area contributed by atoms with Crippen LogP contribution < -0.4 is 5.32 Å². The molecule has 2 atom stereocenters. The maximum absolute atomic E-state index is 12.5. The molecule has 0 aromatic carbocycles. The van der Waals surface area contributed by atoms with Crippen LogP contribution >= 0.6 is 0 Å². The highest BCUT2D eigenvalue weighted by Crippen LogP contribution is 2.19. The summed E-state index contributed by atoms with van der Waals surface area (Å²) in [5.41, 5.74) is 0. The molecular weight excluding hydrogens is 1040 g/mol. The van der Waals surface area contributed by atoms with Gasteiger partial charge >= 0.3 is 5.97 Å². The fraction of sp³-hybridized carbons (Fsp3) is 0.899. The lowest BCUT2D eigenvalue weighted by molar-refractivity contribution is -0.143. The molecule has 0 radical (unpaired) electrons. The van der Waals surface area contributed by atoms with Gasteiger partial charge in [-0.25, -0.2) is 0 Å². The average Bonchev–Trinajstić information content (AvgIpc) is 3.51. The van der Waals surface area contributed by atoms with Gasteiger partial charge in [0, 0.05) is 12.8 Å². The zero-order valence-electron chi connectivity index (χ0n) is 57.6. The highest BCUT2D eigenvalue weighted by atomic mass is 16.5. The predicted molar refractivity (Wildman–Crippen MR) is 375 cm³/mol. The monoisotopic (exact) mass is 1190 g/mol. The zero-order chi connectivity index (χ0) is 61.3. The van der Waals surface area contributed by atoms with E-state index in [4.69, 9.17) is 4.74 Å². The Hall–Kier alpha value is -1.92. The van der Waals surface area contributed by atoms with Crippen molar-refractivity contribution < 1.29 is 24.5 Å². The lowest BCUT2D eigenvalue weighted by Crippen LogP contribution is -2.45. The molecule has 0 fully saturated rings. The molecule has 0 heterocycles. The number of aliphatic hydroxyl groups excluding tert-OH is 2. The number of nitrogens with one attached hydrogen (secondary N) is 1. The van der Waals surface area contributed by atoms with E-state index in [1.807, 2.05) is 6.08 Å². The molecule has 2 unspecified atom stereocenters. The predicted octanol–water partition coefficient (Wildman–Crippen LogP) is 25.4. The standard InChI is InChI=1S/C79H151NO5/c1-3-5-7-9-11-13-15-17-19-21-22-23-24-30-33-36-40-43-47-51-55-59-63-67-71-77(82)76(75-81)80-78(83)72-68-64-60-56-52-48-44-41-37-34-31-28-26-25-27-29-32-35-38-42-46-50-54-58-62-66-70-74-85-79(84)73-69-65-61-57-53-49-45-39-20-18-16-14-12-10-8-6-4-2/h18,20,25-26,67,71,76-77,81-82H,3-17,19,21-24,27-66,68-70,72-75H2,1-2H3,(H,80,83)/b20-18-,26-25-,71-67+. The van der Waals surface area contributed by atoms with E-state index in [1.165, 1.54) is 360 Å². The highest BCUT2D eigenvalue weighted by Gasteiger charge is 2.18. The average molecular weight is 1200 g/mol. The van der Waals surface area contributed by atoms with Gasteiger partial charge in [0.25, 0.3) is 0 Å². The quantitative estimate of drug-likeness (QED) is 0.0320. The van der Waals surface area contributed by atoms with Crippen LogP contribution in [0.15, 0.2) is 36.5 Å². The van der Waals surface area contributed by atoms with E-state index in [9.17, 15) is 19.8 Å². The molecule has 0 aliphatic rings. The summed E-state index contributed by atoms with van der Waals surface area (Å²) in [7, 11) is 0. The van der Waals surface area contributed by atoms with Gasteiger partial charge in [-0.2, -0.15) is 0 Å². The van der Waals surface area contributed by atoms with Gasteiger partial charge in [0.1, 0.15) is 0 Å². The molecule has 6 nitrogen and oxygen atoms in total. The molecule has 502 valence electrons. The second-order valence-corrected chi connectivity index (χ2v) is 26.7. The maximum atomic E-state index is 12.5. The first-order valence-corrected chi connectivity index (χ1v) is 38.8. The van der Waals surface area contributed by atoms with E-state index in [0.717, 1.165) is 44.9 Å². The largest absolute Gasteiger partial charge is 0.466 e. The normalized spacial score (nSPS) is 12.7. The minimum Gasteiger partial charge on any atom is -0.466 e. The Kier molecular flexibility index (Phi) is 72.9. The molecule has 0 aromatic heterocycles. The van der Waals surface area contributed by atoms with Gasteiger partial charge in [0.2, 0.25) is 5.91 Å². The number of allylic oxidation sites excluding steroid dienone is 5. The van der Waals surface area contributed by atoms with Crippen LogP contribution in [0.2, 0.25) is 0 Å². The van der Waals surface area contributed by atoms with Crippen molar-refractivity contribution in [2.75, 3.05) is 13.2 Å². The Morgan fingerprint density at radius 3 is 0.835 bits per heavy atom. The number of carbonyl (C=O) groups is 2. The summed E-state index contributed by atoms with van der Waals surface area (Å²) >= 11 is 0. The second-order valence-electron chi connectivity index (χ2n) is 26.7. The molecule has 3 N–H and O–H groups in total. The van der Waals surface area contributed by atoms with Gasteiger partial charge in [0.15, 0.2) is 0 Å². The molecule has 0 saturated heterocycles. The van der Waals surface area contributed by atoms with Gasteiger partial charge in [0.05, 0.1) is 25.4 Å². The lowest BCUT2D eigenvalue weighted by atomic mass is 10.0. The summed E-state index contributed by atoms with van der Waals surface area (Å²) in [5.74, 6) is -0.0520. The number of amides is 1. The number of rotatable bonds is 73. The number of ether oxygens (including phenoxy) is 1. The van der Waals surface area contributed by atoms with Crippen molar-refractivity contribution in [2.45, 2.75) is 443 Å². The van der Waals surface area contributed by atoms with Gasteiger partial charge in [-0.05, 0) is 83.5 Å². The van der Waals surface area contributed by atoms with Crippen LogP contribution in [-0.2, 0) is 14.3 Å². The third-order valence-corrected chi connectivity index (χ3v) is 18.1. The minimum absolute atomic E-state index is 0.0122. The highest BCUT2D eigenvalue weighted by molar-refractivity contribution is 5.76. The summed E-state index contributed by atoms with van der Waals surface area (Å²) < 4.78 is 5.50. The molecule has 6 heteroatoms. The molecular formula is C79H151NO5. The van der Waals surface area contributed by atoms with E-state index in [-0.39, 0.29) is 18.5 Å². The molecule has 85 heavy (non-hydrogen) atoms. The van der Waals surface area contributed by atoms with E-state index >= 15 is 0 Å². The third kappa shape index (κ3) is 71.0. The van der Waals surface area contributed by atoms with Crippen molar-refractivity contribution in [1.29, 1.82) is 0 Å². The van der Waals surface area contributed by atoms with Crippen molar-refractivity contribution >= 4 is 11.9 Å². The summed E-state index contributed by atoms with van der Waals surface area (Å²) in [5, 5.41) is 23.3. The van der Waals surface area contributed by atoms with Gasteiger partial charge in [-0.3, -0.25) is 9.59 Å². The SMILES string of the molecule is CCCCCCCC/C=C\CCCCCCCCCC(=O)OCCCCCCCCCCCCCC/C=C\CCCCCCCCCCCCCC(=O)NC(CO)C(O)/C=C/CCCCCCCCCCCCCCCCCCCCCCCC. The van der Waals surface area contributed by atoms with Gasteiger partial charge in [-0.15, -0.1) is 0 Å². The van der Waals surface area contributed by atoms with Crippen LogP contribution in [0.1, 0.15) is 431 Å². The van der Waals surface area contributed by atoms with Gasteiger partial charge in [-0.1, -0.05) is 371 Å². The first-order valence-electron chi connectivity index (χ1n) is 38.8. The Labute approximate surface area is 532 Å².